The lowest BCUT2D eigenvalue weighted by Gasteiger charge is -2.39. The summed E-state index contributed by atoms with van der Waals surface area (Å²) in [6.45, 7) is 3.70. The molecular formula is C16H20BrF2NO. The Kier molecular flexibility index (Phi) is 5.02. The van der Waals surface area contributed by atoms with Crippen LogP contribution in [0.2, 0.25) is 0 Å². The number of nitrogens with one attached hydrogen (secondary N) is 1. The fourth-order valence-corrected chi connectivity index (χ4v) is 3.48. The molecule has 0 aromatic heterocycles. The van der Waals surface area contributed by atoms with E-state index in [1.54, 1.807) is 0 Å². The van der Waals surface area contributed by atoms with Crippen LogP contribution in [0.25, 0.3) is 0 Å². The first kappa shape index (κ1) is 16.4. The summed E-state index contributed by atoms with van der Waals surface area (Å²) in [5, 5.41) is 3.45. The van der Waals surface area contributed by atoms with Gasteiger partial charge >= 0.3 is 0 Å². The van der Waals surface area contributed by atoms with Crippen LogP contribution >= 0.6 is 15.9 Å². The largest absolute Gasteiger partial charge is 0.346 e. The van der Waals surface area contributed by atoms with Crippen LogP contribution in [0.3, 0.4) is 0 Å². The van der Waals surface area contributed by atoms with Crippen molar-refractivity contribution in [1.82, 2.24) is 5.32 Å². The maximum absolute atomic E-state index is 14.0. The lowest BCUT2D eigenvalue weighted by Crippen LogP contribution is -2.52. The van der Waals surface area contributed by atoms with Crippen LogP contribution in [0.4, 0.5) is 8.78 Å². The van der Waals surface area contributed by atoms with Gasteiger partial charge in [0.2, 0.25) is 0 Å². The third-order valence-corrected chi connectivity index (χ3v) is 5.45. The SMILES string of the molecule is Cc1ccc(F)c(C(=O)NC2(CBr)CCC(C)CC2)c1F. The highest BCUT2D eigenvalue weighted by atomic mass is 79.9. The number of benzene rings is 1. The topological polar surface area (TPSA) is 29.1 Å². The van der Waals surface area contributed by atoms with Gasteiger partial charge in [-0.3, -0.25) is 4.79 Å². The summed E-state index contributed by atoms with van der Waals surface area (Å²) in [6.07, 6.45) is 3.65. The van der Waals surface area contributed by atoms with Gasteiger partial charge in [-0.1, -0.05) is 28.9 Å². The summed E-state index contributed by atoms with van der Waals surface area (Å²) < 4.78 is 27.9. The fraction of sp³-hybridized carbons (Fsp3) is 0.562. The maximum Gasteiger partial charge on any atom is 0.257 e. The number of hydrogen-bond donors (Lipinski definition) is 1. The van der Waals surface area contributed by atoms with Gasteiger partial charge in [0.05, 0.1) is 5.54 Å². The Bertz CT molecular complexity index is 539. The molecule has 0 atom stereocenters. The van der Waals surface area contributed by atoms with Crippen LogP contribution in [-0.4, -0.2) is 16.8 Å². The van der Waals surface area contributed by atoms with Crippen LogP contribution in [-0.2, 0) is 0 Å². The zero-order valence-electron chi connectivity index (χ0n) is 12.3. The van der Waals surface area contributed by atoms with E-state index in [1.807, 2.05) is 0 Å². The molecule has 2 nitrogen and oxygen atoms in total. The molecule has 5 heteroatoms. The molecule has 1 aromatic carbocycles. The fourth-order valence-electron chi connectivity index (χ4n) is 2.77. The van der Waals surface area contributed by atoms with Gasteiger partial charge in [0.25, 0.3) is 5.91 Å². The van der Waals surface area contributed by atoms with Gasteiger partial charge in [-0.05, 0) is 50.2 Å². The first-order valence-corrected chi connectivity index (χ1v) is 8.34. The number of amides is 1. The van der Waals surface area contributed by atoms with E-state index in [4.69, 9.17) is 0 Å². The zero-order valence-corrected chi connectivity index (χ0v) is 13.9. The summed E-state index contributed by atoms with van der Waals surface area (Å²) in [7, 11) is 0. The minimum atomic E-state index is -0.815. The van der Waals surface area contributed by atoms with Crippen LogP contribution in [0, 0.1) is 24.5 Å². The molecule has 0 heterocycles. The molecule has 1 amide bonds. The number of hydrogen-bond acceptors (Lipinski definition) is 1. The molecule has 0 aliphatic heterocycles. The number of rotatable bonds is 3. The van der Waals surface area contributed by atoms with Gasteiger partial charge in [-0.25, -0.2) is 8.78 Å². The van der Waals surface area contributed by atoms with Crippen LogP contribution < -0.4 is 5.32 Å². The lowest BCUT2D eigenvalue weighted by atomic mass is 9.78. The highest BCUT2D eigenvalue weighted by Crippen LogP contribution is 2.33. The summed E-state index contributed by atoms with van der Waals surface area (Å²) in [6, 6.07) is 2.47. The molecule has 2 rings (SSSR count). The summed E-state index contributed by atoms with van der Waals surface area (Å²) in [5.41, 5.74) is -0.618. The Morgan fingerprint density at radius 1 is 1.38 bits per heavy atom. The van der Waals surface area contributed by atoms with E-state index in [2.05, 4.69) is 28.2 Å². The van der Waals surface area contributed by atoms with E-state index >= 15 is 0 Å². The predicted molar refractivity (Wildman–Crippen MR) is 82.7 cm³/mol. The minimum Gasteiger partial charge on any atom is -0.346 e. The van der Waals surface area contributed by atoms with Crippen LogP contribution in [0.5, 0.6) is 0 Å². The second kappa shape index (κ2) is 6.42. The number of aryl methyl sites for hydroxylation is 1. The average molecular weight is 360 g/mol. The van der Waals surface area contributed by atoms with E-state index < -0.39 is 28.6 Å². The second-order valence-electron chi connectivity index (χ2n) is 6.10. The predicted octanol–water partition coefficient (Wildman–Crippen LogP) is 4.35. The van der Waals surface area contributed by atoms with Crippen molar-refractivity contribution < 1.29 is 13.6 Å². The van der Waals surface area contributed by atoms with Crippen molar-refractivity contribution >= 4 is 21.8 Å². The Balaban J connectivity index is 2.23. The highest BCUT2D eigenvalue weighted by molar-refractivity contribution is 9.09. The van der Waals surface area contributed by atoms with Gasteiger partial charge in [0.15, 0.2) is 0 Å². The van der Waals surface area contributed by atoms with Crippen LogP contribution in [0.1, 0.15) is 48.5 Å². The standard InChI is InChI=1S/C16H20BrF2NO/c1-10-5-7-16(9-17,8-6-10)20-15(21)13-12(18)4-3-11(2)14(13)19/h3-4,10H,5-9H2,1-2H3,(H,20,21). The van der Waals surface area contributed by atoms with E-state index in [0.29, 0.717) is 11.2 Å². The highest BCUT2D eigenvalue weighted by Gasteiger charge is 2.36. The third kappa shape index (κ3) is 3.44. The monoisotopic (exact) mass is 359 g/mol. The molecule has 116 valence electrons. The first-order valence-electron chi connectivity index (χ1n) is 7.21. The normalized spacial score (nSPS) is 25.7. The van der Waals surface area contributed by atoms with Crippen molar-refractivity contribution in [2.75, 3.05) is 5.33 Å². The number of carbonyl (C=O) groups is 1. The van der Waals surface area contributed by atoms with E-state index in [1.165, 1.54) is 13.0 Å². The summed E-state index contributed by atoms with van der Waals surface area (Å²) in [5.74, 6) is -1.63. The maximum atomic E-state index is 14.0. The molecule has 21 heavy (non-hydrogen) atoms. The quantitative estimate of drug-likeness (QED) is 0.798. The molecule has 0 bridgehead atoms. The molecule has 1 saturated carbocycles. The van der Waals surface area contributed by atoms with E-state index in [9.17, 15) is 13.6 Å². The summed E-state index contributed by atoms with van der Waals surface area (Å²) in [4.78, 5) is 12.3. The van der Waals surface area contributed by atoms with Crippen molar-refractivity contribution in [3.63, 3.8) is 0 Å². The molecule has 1 aromatic rings. The average Bonchev–Trinajstić information content (AvgIpc) is 2.46. The molecule has 0 radical (unpaired) electrons. The van der Waals surface area contributed by atoms with Crippen molar-refractivity contribution in [2.24, 2.45) is 5.92 Å². The molecule has 1 N–H and O–H groups in total. The molecule has 0 unspecified atom stereocenters. The molecule has 0 spiro atoms. The Labute approximate surface area is 132 Å². The molecule has 1 fully saturated rings. The van der Waals surface area contributed by atoms with Gasteiger partial charge in [0.1, 0.15) is 17.2 Å². The third-order valence-electron chi connectivity index (χ3n) is 4.38. The zero-order chi connectivity index (χ0) is 15.6. The van der Waals surface area contributed by atoms with Gasteiger partial charge < -0.3 is 5.32 Å². The number of halogens is 3. The Hall–Kier alpha value is -0.970. The van der Waals surface area contributed by atoms with Gasteiger partial charge in [-0.15, -0.1) is 0 Å². The van der Waals surface area contributed by atoms with E-state index in [-0.39, 0.29) is 5.56 Å². The smallest absolute Gasteiger partial charge is 0.257 e. The van der Waals surface area contributed by atoms with Gasteiger partial charge in [0, 0.05) is 5.33 Å². The second-order valence-corrected chi connectivity index (χ2v) is 6.66. The van der Waals surface area contributed by atoms with Crippen LogP contribution in [0.15, 0.2) is 12.1 Å². The number of carbonyl (C=O) groups excluding carboxylic acids is 1. The van der Waals surface area contributed by atoms with Gasteiger partial charge in [-0.2, -0.15) is 0 Å². The molecule has 0 saturated heterocycles. The molecule has 1 aliphatic rings. The summed E-state index contributed by atoms with van der Waals surface area (Å²) >= 11 is 3.44. The molecular weight excluding hydrogens is 340 g/mol. The first-order chi connectivity index (χ1) is 9.88. The van der Waals surface area contributed by atoms with Crippen molar-refractivity contribution in [2.45, 2.75) is 45.1 Å². The Morgan fingerprint density at radius 3 is 2.57 bits per heavy atom. The van der Waals surface area contributed by atoms with E-state index in [0.717, 1.165) is 31.7 Å². The van der Waals surface area contributed by atoms with Crippen molar-refractivity contribution in [3.05, 3.63) is 34.9 Å². The minimum absolute atomic E-state index is 0.270. The molecule has 1 aliphatic carbocycles. The van der Waals surface area contributed by atoms with Crippen molar-refractivity contribution in [3.8, 4) is 0 Å². The Morgan fingerprint density at radius 2 is 2.00 bits per heavy atom. The number of alkyl halides is 1. The van der Waals surface area contributed by atoms with Crippen molar-refractivity contribution in [1.29, 1.82) is 0 Å². The lowest BCUT2D eigenvalue weighted by molar-refractivity contribution is 0.0865.